The number of carbonyl (C=O) groups is 4. The normalized spacial score (nSPS) is 17.4. The van der Waals surface area contributed by atoms with Gasteiger partial charge in [0.05, 0.1) is 62.1 Å². The fraction of sp³-hybridized carbons (Fsp3) is 0.469. The first-order valence-electron chi connectivity index (χ1n) is 23.2. The van der Waals surface area contributed by atoms with E-state index in [0.29, 0.717) is 64.0 Å². The third-order valence-corrected chi connectivity index (χ3v) is 13.0. The fourth-order valence-corrected chi connectivity index (χ4v) is 8.24. The van der Waals surface area contributed by atoms with Crippen molar-refractivity contribution in [1.29, 1.82) is 0 Å². The van der Waals surface area contributed by atoms with Crippen LogP contribution in [0.1, 0.15) is 63.8 Å². The van der Waals surface area contributed by atoms with Gasteiger partial charge in [-0.1, -0.05) is 24.0 Å². The Morgan fingerprint density at radius 2 is 1.30 bits per heavy atom. The summed E-state index contributed by atoms with van der Waals surface area (Å²) in [6, 6.07) is 3.64. The number of hydrogen-bond donors (Lipinski definition) is 5. The van der Waals surface area contributed by atoms with Crippen molar-refractivity contribution in [2.24, 2.45) is 10.8 Å². The molecule has 4 aromatic rings. The van der Waals surface area contributed by atoms with Gasteiger partial charge in [0, 0.05) is 42.2 Å². The van der Waals surface area contributed by atoms with Gasteiger partial charge in [-0.05, 0) is 94.5 Å². The summed E-state index contributed by atoms with van der Waals surface area (Å²) in [5.74, 6) is 0.0330. The Bertz CT molecular complexity index is 2750. The Morgan fingerprint density at radius 1 is 0.776 bits per heavy atom. The molecule has 2 bridgehead atoms. The maximum absolute atomic E-state index is 16.4. The number of benzene rings is 2. The molecular formula is C49H53F10N9O8. The second-order valence-electron chi connectivity index (χ2n) is 19.0. The smallest absolute Gasteiger partial charge is 0.407 e. The lowest BCUT2D eigenvalue weighted by molar-refractivity contribution is -0.221. The summed E-state index contributed by atoms with van der Waals surface area (Å²) < 4.78 is 161. The molecule has 2 aromatic carbocycles. The Hall–Kier alpha value is -7.34. The minimum absolute atomic E-state index is 0.142. The third-order valence-electron chi connectivity index (χ3n) is 13.0. The summed E-state index contributed by atoms with van der Waals surface area (Å²) in [6.45, 7) is -0.930. The fourth-order valence-electron chi connectivity index (χ4n) is 8.24. The number of methoxy groups -OCH3 is 2. The summed E-state index contributed by atoms with van der Waals surface area (Å²) in [6.07, 6.45) is -11.0. The molecule has 27 heteroatoms. The minimum Gasteiger partial charge on any atom is -0.453 e. The van der Waals surface area contributed by atoms with E-state index in [2.05, 4.69) is 41.6 Å². The molecule has 0 aliphatic carbocycles. The van der Waals surface area contributed by atoms with Crippen LogP contribution in [-0.4, -0.2) is 127 Å². The molecule has 0 spiro atoms. The van der Waals surface area contributed by atoms with Crippen LogP contribution in [0.5, 0.6) is 0 Å². The number of aliphatic hydroxyl groups is 1. The van der Waals surface area contributed by atoms with Crippen molar-refractivity contribution in [3.63, 3.8) is 0 Å². The molecule has 2 aliphatic heterocycles. The third kappa shape index (κ3) is 13.5. The molecule has 6 atom stereocenters. The molecule has 5 N–H and O–H groups in total. The van der Waals surface area contributed by atoms with E-state index in [1.54, 1.807) is 17.6 Å². The van der Waals surface area contributed by atoms with Gasteiger partial charge >= 0.3 is 31.1 Å². The van der Waals surface area contributed by atoms with Crippen molar-refractivity contribution >= 4 is 35.5 Å². The zero-order chi connectivity index (χ0) is 56.1. The molecule has 3 unspecified atom stereocenters. The van der Waals surface area contributed by atoms with Crippen molar-refractivity contribution < 1.29 is 82.4 Å². The molecule has 2 saturated heterocycles. The topological polar surface area (TPSA) is 202 Å². The van der Waals surface area contributed by atoms with Crippen molar-refractivity contribution in [1.82, 2.24) is 36.1 Å². The van der Waals surface area contributed by atoms with Crippen LogP contribution in [0.3, 0.4) is 0 Å². The van der Waals surface area contributed by atoms with Gasteiger partial charge in [0.25, 0.3) is 5.91 Å². The van der Waals surface area contributed by atoms with Gasteiger partial charge in [0.2, 0.25) is 5.91 Å². The maximum Gasteiger partial charge on any atom is 0.407 e. The number of anilines is 2. The molecule has 2 aliphatic rings. The lowest BCUT2D eigenvalue weighted by Gasteiger charge is -2.38. The standard InChI is InChI=1S/C49H53F10N9O8/c1-46(2,48(54,55)56)39(63-44(72)74-5)41(70)62-35(17-27-10-7-26(8-11-27)9-12-28-13-16-37(60-20-28)66-23-31-14-15-32(24-66)76-31)36(69)25-67(65-42(71)40(64-45(73)75-6)47(3,4)49(57,58)59)38-33(50)18-29(19-34(38)51)30-21-61-68(22-30)43(52)53/h7-8,10-11,13,16,18-22,31-32,35-36,39-40,43,69H,14-15,17,23-25H2,1-6H3,(H,62,70)(H,63,72)(H,64,73)(H,65,71)/t31?,32?,35-,36-,39?,40+/m0/s1. The molecule has 76 heavy (non-hydrogen) atoms. The first-order valence-corrected chi connectivity index (χ1v) is 23.2. The van der Waals surface area contributed by atoms with E-state index >= 15 is 8.78 Å². The van der Waals surface area contributed by atoms with Crippen LogP contribution in [0.25, 0.3) is 11.1 Å². The van der Waals surface area contributed by atoms with Gasteiger partial charge in [0.15, 0.2) is 11.6 Å². The number of aliphatic hydroxyl groups excluding tert-OH is 1. The second-order valence-corrected chi connectivity index (χ2v) is 19.0. The Balaban J connectivity index is 1.37. The molecule has 2 fully saturated rings. The number of halogens is 10. The van der Waals surface area contributed by atoms with Crippen LogP contribution < -0.4 is 31.3 Å². The summed E-state index contributed by atoms with van der Waals surface area (Å²) in [4.78, 5) is 59.4. The highest BCUT2D eigenvalue weighted by Gasteiger charge is 2.57. The lowest BCUT2D eigenvalue weighted by Crippen LogP contribution is -2.64. The van der Waals surface area contributed by atoms with Gasteiger partial charge in [-0.3, -0.25) is 20.0 Å². The predicted octanol–water partition coefficient (Wildman–Crippen LogP) is 6.94. The molecule has 4 heterocycles. The molecule has 0 radical (unpaired) electrons. The number of aromatic nitrogens is 3. The zero-order valence-corrected chi connectivity index (χ0v) is 41.5. The van der Waals surface area contributed by atoms with Gasteiger partial charge in [0.1, 0.15) is 23.6 Å². The van der Waals surface area contributed by atoms with Crippen LogP contribution in [0.15, 0.2) is 67.1 Å². The molecule has 2 aromatic heterocycles. The molecule has 17 nitrogen and oxygen atoms in total. The number of nitrogens with zero attached hydrogens (tertiary/aromatic N) is 5. The van der Waals surface area contributed by atoms with Crippen molar-refractivity contribution in [2.45, 2.75) is 102 Å². The highest BCUT2D eigenvalue weighted by molar-refractivity contribution is 5.88. The van der Waals surface area contributed by atoms with Crippen LogP contribution in [-0.2, 0) is 30.2 Å². The van der Waals surface area contributed by atoms with Gasteiger partial charge in [-0.15, -0.1) is 0 Å². The number of fused-ring (bicyclic) bond motifs is 2. The number of morpholine rings is 1. The lowest BCUT2D eigenvalue weighted by atomic mass is 9.82. The summed E-state index contributed by atoms with van der Waals surface area (Å²) >= 11 is 0. The molecular weight excluding hydrogens is 1030 g/mol. The van der Waals surface area contributed by atoms with E-state index in [1.807, 2.05) is 16.8 Å². The van der Waals surface area contributed by atoms with Gasteiger partial charge in [-0.25, -0.2) is 28.0 Å². The van der Waals surface area contributed by atoms with Gasteiger partial charge < -0.3 is 40.2 Å². The average Bonchev–Trinajstić information content (AvgIpc) is 3.99. The van der Waals surface area contributed by atoms with Crippen molar-refractivity contribution in [3.8, 4) is 23.0 Å². The SMILES string of the molecule is COC(=O)NC(C(=O)N[C@@H](Cc1ccc(C#Cc2ccc(N3CC4CCC(C3)O4)nc2)cc1)[C@@H](O)CN(NC(=O)[C@@H](NC(=O)OC)C(C)(C)C(F)(F)F)c1c(F)cc(-c2cnn(C(F)F)c2)cc1F)C(C)(C)C(F)(F)F. The first kappa shape index (κ1) is 57.9. The van der Waals surface area contributed by atoms with E-state index in [-0.39, 0.29) is 33.0 Å². The Morgan fingerprint density at radius 3 is 1.79 bits per heavy atom. The molecule has 4 amide bonds. The number of hydrogen-bond acceptors (Lipinski definition) is 12. The van der Waals surface area contributed by atoms with Crippen LogP contribution in [0.4, 0.5) is 65.0 Å². The Kier molecular flexibility index (Phi) is 17.7. The Labute approximate surface area is 428 Å². The number of alkyl halides is 8. The highest BCUT2D eigenvalue weighted by atomic mass is 19.4. The first-order chi connectivity index (χ1) is 35.5. The highest BCUT2D eigenvalue weighted by Crippen LogP contribution is 2.42. The number of ether oxygens (including phenoxy) is 3. The summed E-state index contributed by atoms with van der Waals surface area (Å²) in [5.41, 5.74) is -5.14. The summed E-state index contributed by atoms with van der Waals surface area (Å²) in [5, 5.41) is 21.4. The zero-order valence-electron chi connectivity index (χ0n) is 41.5. The van der Waals surface area contributed by atoms with Crippen molar-refractivity contribution in [2.75, 3.05) is 43.8 Å². The monoisotopic (exact) mass is 1090 g/mol. The average molecular weight is 1090 g/mol. The largest absolute Gasteiger partial charge is 0.453 e. The second kappa shape index (κ2) is 23.3. The van der Waals surface area contributed by atoms with E-state index in [4.69, 9.17) is 4.74 Å². The van der Waals surface area contributed by atoms with Crippen LogP contribution >= 0.6 is 0 Å². The van der Waals surface area contributed by atoms with Crippen LogP contribution in [0, 0.1) is 34.3 Å². The number of pyridine rings is 1. The minimum atomic E-state index is -5.28. The van der Waals surface area contributed by atoms with Crippen LogP contribution in [0.2, 0.25) is 0 Å². The van der Waals surface area contributed by atoms with Crippen molar-refractivity contribution in [3.05, 3.63) is 95.4 Å². The number of carbonyl (C=O) groups excluding carboxylic acids is 4. The quantitative estimate of drug-likeness (QED) is 0.0415. The summed E-state index contributed by atoms with van der Waals surface area (Å²) in [7, 11) is 1.56. The van der Waals surface area contributed by atoms with E-state index < -0.39 is 114 Å². The number of alkyl carbamates (subject to hydrolysis) is 2. The number of hydrazine groups is 1. The molecule has 0 saturated carbocycles. The van der Waals surface area contributed by atoms with E-state index in [9.17, 15) is 59.4 Å². The number of nitrogens with one attached hydrogen (secondary N) is 4. The molecule has 412 valence electrons. The predicted molar refractivity (Wildman–Crippen MR) is 251 cm³/mol. The maximum atomic E-state index is 16.4. The number of amides is 4. The van der Waals surface area contributed by atoms with Gasteiger partial charge in [-0.2, -0.15) is 40.2 Å². The molecule has 6 rings (SSSR count). The number of rotatable bonds is 17. The van der Waals surface area contributed by atoms with E-state index in [1.165, 1.54) is 24.3 Å². The van der Waals surface area contributed by atoms with E-state index in [0.717, 1.165) is 45.3 Å².